The number of hydrogen-bond acceptors (Lipinski definition) is 4. The van der Waals surface area contributed by atoms with Crippen molar-refractivity contribution >= 4 is 15.5 Å². The Hall–Kier alpha value is -1.43. The molecule has 0 spiro atoms. The van der Waals surface area contributed by atoms with Crippen molar-refractivity contribution in [2.24, 2.45) is 0 Å². The summed E-state index contributed by atoms with van der Waals surface area (Å²) in [6.45, 7) is 1.61. The van der Waals surface area contributed by atoms with E-state index >= 15 is 0 Å². The van der Waals surface area contributed by atoms with Crippen LogP contribution in [0.4, 0.5) is 5.69 Å². The van der Waals surface area contributed by atoms with Gasteiger partial charge >= 0.3 is 0 Å². The number of rotatable bonds is 2. The van der Waals surface area contributed by atoms with E-state index in [1.165, 1.54) is 12.1 Å². The number of benzene rings is 1. The van der Waals surface area contributed by atoms with Gasteiger partial charge in [-0.15, -0.1) is 0 Å². The normalized spacial score (nSPS) is 11.3. The number of nitro groups is 1. The molecule has 1 aromatic rings. The molecule has 0 aromatic heterocycles. The highest BCUT2D eigenvalue weighted by Gasteiger charge is 2.14. The van der Waals surface area contributed by atoms with Crippen LogP contribution in [0.25, 0.3) is 0 Å². The van der Waals surface area contributed by atoms with E-state index in [2.05, 4.69) is 0 Å². The number of sulfone groups is 1. The second-order valence-corrected chi connectivity index (χ2v) is 5.05. The monoisotopic (exact) mass is 215 g/mol. The van der Waals surface area contributed by atoms with E-state index < -0.39 is 14.8 Å². The molecular formula is C8H9NO4S. The lowest BCUT2D eigenvalue weighted by atomic mass is 10.2. The summed E-state index contributed by atoms with van der Waals surface area (Å²) >= 11 is 0. The van der Waals surface area contributed by atoms with E-state index in [0.29, 0.717) is 5.56 Å². The summed E-state index contributed by atoms with van der Waals surface area (Å²) in [5.41, 5.74) is 0.352. The Bertz CT molecular complexity index is 478. The largest absolute Gasteiger partial charge is 0.270 e. The maximum absolute atomic E-state index is 11.1. The molecule has 0 fully saturated rings. The van der Waals surface area contributed by atoms with E-state index in [1.54, 1.807) is 6.92 Å². The van der Waals surface area contributed by atoms with Crippen LogP contribution < -0.4 is 0 Å². The highest BCUT2D eigenvalue weighted by Crippen LogP contribution is 2.19. The molecule has 1 aromatic carbocycles. The third-order valence-electron chi connectivity index (χ3n) is 1.67. The van der Waals surface area contributed by atoms with Crippen LogP contribution in [0.1, 0.15) is 5.56 Å². The zero-order valence-corrected chi connectivity index (χ0v) is 8.54. The van der Waals surface area contributed by atoms with Crippen LogP contribution in [0.15, 0.2) is 23.1 Å². The summed E-state index contributed by atoms with van der Waals surface area (Å²) < 4.78 is 22.3. The quantitative estimate of drug-likeness (QED) is 0.550. The molecule has 0 radical (unpaired) electrons. The minimum atomic E-state index is -3.39. The lowest BCUT2D eigenvalue weighted by Gasteiger charge is -2.00. The lowest BCUT2D eigenvalue weighted by Crippen LogP contribution is -1.99. The summed E-state index contributed by atoms with van der Waals surface area (Å²) in [5.74, 6) is 0. The zero-order valence-electron chi connectivity index (χ0n) is 7.72. The minimum Gasteiger partial charge on any atom is -0.258 e. The van der Waals surface area contributed by atoms with Gasteiger partial charge in [0.1, 0.15) is 0 Å². The summed E-state index contributed by atoms with van der Waals surface area (Å²) in [4.78, 5) is 9.81. The number of non-ortho nitro benzene ring substituents is 1. The summed E-state index contributed by atoms with van der Waals surface area (Å²) in [7, 11) is -3.39. The van der Waals surface area contributed by atoms with Crippen LogP contribution in [-0.2, 0) is 9.84 Å². The number of nitrogens with zero attached hydrogens (tertiary/aromatic N) is 1. The van der Waals surface area contributed by atoms with Gasteiger partial charge in [0.25, 0.3) is 5.69 Å². The van der Waals surface area contributed by atoms with Crippen molar-refractivity contribution in [2.45, 2.75) is 11.8 Å². The van der Waals surface area contributed by atoms with Crippen molar-refractivity contribution in [1.29, 1.82) is 0 Å². The Kier molecular flexibility index (Phi) is 2.57. The molecule has 5 nitrogen and oxygen atoms in total. The highest BCUT2D eigenvalue weighted by molar-refractivity contribution is 7.90. The lowest BCUT2D eigenvalue weighted by molar-refractivity contribution is -0.385. The third-order valence-corrected chi connectivity index (χ3v) is 2.77. The molecule has 0 bridgehead atoms. The second kappa shape index (κ2) is 3.38. The van der Waals surface area contributed by atoms with Gasteiger partial charge in [-0.2, -0.15) is 0 Å². The fraction of sp³-hybridized carbons (Fsp3) is 0.250. The van der Waals surface area contributed by atoms with E-state index in [1.807, 2.05) is 0 Å². The molecule has 0 aliphatic rings. The standard InChI is InChI=1S/C8H9NO4S/c1-6-3-7(9(10)11)5-8(4-6)14(2,12)13/h3-5H,1-2H3. The van der Waals surface area contributed by atoms with Gasteiger partial charge in [-0.3, -0.25) is 10.1 Å². The molecule has 0 unspecified atom stereocenters. The topological polar surface area (TPSA) is 77.3 Å². The molecule has 0 aliphatic carbocycles. The van der Waals surface area contributed by atoms with Gasteiger partial charge in [-0.1, -0.05) is 0 Å². The average molecular weight is 215 g/mol. The Labute approximate surface area is 81.4 Å². The molecule has 6 heteroatoms. The van der Waals surface area contributed by atoms with Gasteiger partial charge < -0.3 is 0 Å². The van der Waals surface area contributed by atoms with Gasteiger partial charge in [-0.25, -0.2) is 8.42 Å². The fourth-order valence-electron chi connectivity index (χ4n) is 1.05. The number of nitro benzene ring substituents is 1. The predicted molar refractivity (Wildman–Crippen MR) is 50.9 cm³/mol. The first-order chi connectivity index (χ1) is 6.30. The molecule has 0 heterocycles. The summed E-state index contributed by atoms with van der Waals surface area (Å²) in [6, 6.07) is 3.79. The third kappa shape index (κ3) is 2.29. The van der Waals surface area contributed by atoms with Crippen molar-refractivity contribution < 1.29 is 13.3 Å². The fourth-order valence-corrected chi connectivity index (χ4v) is 1.78. The van der Waals surface area contributed by atoms with Crippen LogP contribution in [0.3, 0.4) is 0 Å². The van der Waals surface area contributed by atoms with Gasteiger partial charge in [-0.05, 0) is 18.6 Å². The highest BCUT2D eigenvalue weighted by atomic mass is 32.2. The van der Waals surface area contributed by atoms with Crippen LogP contribution in [0.2, 0.25) is 0 Å². The average Bonchev–Trinajstić information content (AvgIpc) is 2.01. The molecule has 1 rings (SSSR count). The smallest absolute Gasteiger partial charge is 0.258 e. The molecule has 0 saturated heterocycles. The number of hydrogen-bond donors (Lipinski definition) is 0. The van der Waals surface area contributed by atoms with Crippen molar-refractivity contribution in [3.8, 4) is 0 Å². The first-order valence-corrected chi connectivity index (χ1v) is 5.66. The van der Waals surface area contributed by atoms with E-state index in [4.69, 9.17) is 0 Å². The Balaban J connectivity index is 3.43. The molecule has 76 valence electrons. The molecule has 0 aliphatic heterocycles. The van der Waals surface area contributed by atoms with Crippen molar-refractivity contribution in [3.05, 3.63) is 33.9 Å². The van der Waals surface area contributed by atoms with Gasteiger partial charge in [0.05, 0.1) is 9.82 Å². The van der Waals surface area contributed by atoms with Crippen LogP contribution in [0, 0.1) is 17.0 Å². The SMILES string of the molecule is Cc1cc([N+](=O)[O-])cc(S(C)(=O)=O)c1. The van der Waals surface area contributed by atoms with E-state index in [9.17, 15) is 18.5 Å². The number of aryl methyl sites for hydroxylation is 1. The first-order valence-electron chi connectivity index (χ1n) is 3.77. The Morgan fingerprint density at radius 3 is 2.29 bits per heavy atom. The Morgan fingerprint density at radius 1 is 1.29 bits per heavy atom. The summed E-state index contributed by atoms with van der Waals surface area (Å²) in [6.07, 6.45) is 1.02. The van der Waals surface area contributed by atoms with Crippen molar-refractivity contribution in [1.82, 2.24) is 0 Å². The maximum Gasteiger partial charge on any atom is 0.270 e. The predicted octanol–water partition coefficient (Wildman–Crippen LogP) is 1.31. The van der Waals surface area contributed by atoms with Gasteiger partial charge in [0.2, 0.25) is 0 Å². The molecule has 0 amide bonds. The first kappa shape index (κ1) is 10.6. The molecule has 14 heavy (non-hydrogen) atoms. The van der Waals surface area contributed by atoms with Gasteiger partial charge in [0, 0.05) is 18.4 Å². The zero-order chi connectivity index (χ0) is 10.9. The maximum atomic E-state index is 11.1. The van der Waals surface area contributed by atoms with E-state index in [-0.39, 0.29) is 10.6 Å². The van der Waals surface area contributed by atoms with E-state index in [0.717, 1.165) is 12.3 Å². The molecular weight excluding hydrogens is 206 g/mol. The van der Waals surface area contributed by atoms with Crippen molar-refractivity contribution in [2.75, 3.05) is 6.26 Å². The van der Waals surface area contributed by atoms with Crippen molar-refractivity contribution in [3.63, 3.8) is 0 Å². The van der Waals surface area contributed by atoms with Crippen LogP contribution in [0.5, 0.6) is 0 Å². The Morgan fingerprint density at radius 2 is 1.86 bits per heavy atom. The van der Waals surface area contributed by atoms with Gasteiger partial charge in [0.15, 0.2) is 9.84 Å². The van der Waals surface area contributed by atoms with Crippen LogP contribution >= 0.6 is 0 Å². The summed E-state index contributed by atoms with van der Waals surface area (Å²) in [5, 5.41) is 10.4. The molecule has 0 atom stereocenters. The minimum absolute atomic E-state index is 0.0239. The molecule has 0 saturated carbocycles. The molecule has 0 N–H and O–H groups in total. The van der Waals surface area contributed by atoms with Crippen LogP contribution in [-0.4, -0.2) is 19.6 Å². The second-order valence-electron chi connectivity index (χ2n) is 3.03.